The first-order valence-corrected chi connectivity index (χ1v) is 4.57. The molecule has 0 atom stereocenters. The lowest BCUT2D eigenvalue weighted by molar-refractivity contribution is -0.386. The Kier molecular flexibility index (Phi) is 2.16. The van der Waals surface area contributed by atoms with E-state index in [9.17, 15) is 20.0 Å². The van der Waals surface area contributed by atoms with Crippen LogP contribution in [0.1, 0.15) is 18.5 Å². The van der Waals surface area contributed by atoms with Crippen molar-refractivity contribution >= 4 is 11.7 Å². The molecule has 0 bridgehead atoms. The van der Waals surface area contributed by atoms with E-state index in [0.29, 0.717) is 0 Å². The van der Waals surface area contributed by atoms with Crippen molar-refractivity contribution in [1.82, 2.24) is 10.2 Å². The molecule has 1 heterocycles. The minimum Gasteiger partial charge on any atom is -0.481 e. The summed E-state index contributed by atoms with van der Waals surface area (Å²) in [5, 5.41) is 34.8. The van der Waals surface area contributed by atoms with Gasteiger partial charge in [-0.25, -0.2) is 0 Å². The number of hydrogen-bond acceptors (Lipinski definition) is 5. The zero-order valence-corrected chi connectivity index (χ0v) is 8.08. The number of H-pyrrole nitrogens is 1. The molecule has 0 aliphatic heterocycles. The number of nitrogens with zero attached hydrogens (tertiary/aromatic N) is 2. The third kappa shape index (κ3) is 1.27. The summed E-state index contributed by atoms with van der Waals surface area (Å²) >= 11 is 0. The fraction of sp³-hybridized carbons (Fsp3) is 0.500. The molecule has 1 fully saturated rings. The van der Waals surface area contributed by atoms with Gasteiger partial charge in [-0.2, -0.15) is 5.10 Å². The lowest BCUT2D eigenvalue weighted by Gasteiger charge is -2.40. The van der Waals surface area contributed by atoms with Crippen LogP contribution in [-0.4, -0.2) is 37.4 Å². The molecule has 0 radical (unpaired) electrons. The number of aromatic nitrogens is 2. The highest BCUT2D eigenvalue weighted by Gasteiger charge is 2.55. The van der Waals surface area contributed by atoms with E-state index in [1.54, 1.807) is 0 Å². The monoisotopic (exact) mass is 227 g/mol. The van der Waals surface area contributed by atoms with Crippen molar-refractivity contribution in [2.24, 2.45) is 0 Å². The van der Waals surface area contributed by atoms with Crippen molar-refractivity contribution in [1.29, 1.82) is 0 Å². The van der Waals surface area contributed by atoms with Gasteiger partial charge >= 0.3 is 11.7 Å². The number of nitrogens with one attached hydrogen (secondary N) is 1. The van der Waals surface area contributed by atoms with Crippen LogP contribution in [0, 0.1) is 10.1 Å². The van der Waals surface area contributed by atoms with Crippen LogP contribution in [0.2, 0.25) is 0 Å². The Morgan fingerprint density at radius 3 is 2.75 bits per heavy atom. The lowest BCUT2D eigenvalue weighted by atomic mass is 9.64. The van der Waals surface area contributed by atoms with Crippen molar-refractivity contribution in [2.75, 3.05) is 0 Å². The quantitative estimate of drug-likeness (QED) is 0.484. The van der Waals surface area contributed by atoms with E-state index in [-0.39, 0.29) is 24.2 Å². The second-order valence-corrected chi connectivity index (χ2v) is 3.84. The minimum absolute atomic E-state index is 0.0363. The van der Waals surface area contributed by atoms with Gasteiger partial charge in [0.15, 0.2) is 0 Å². The second kappa shape index (κ2) is 3.27. The number of aliphatic carboxylic acids is 1. The molecule has 0 aromatic carbocycles. The maximum Gasteiger partial charge on any atom is 0.316 e. The first kappa shape index (κ1) is 10.6. The van der Waals surface area contributed by atoms with Gasteiger partial charge in [0.1, 0.15) is 17.3 Å². The van der Waals surface area contributed by atoms with E-state index in [2.05, 4.69) is 10.2 Å². The summed E-state index contributed by atoms with van der Waals surface area (Å²) in [6.07, 6.45) is 0.167. The number of aromatic amines is 1. The fourth-order valence-corrected chi connectivity index (χ4v) is 2.00. The molecule has 86 valence electrons. The van der Waals surface area contributed by atoms with Gasteiger partial charge in [0.05, 0.1) is 11.0 Å². The Labute approximate surface area is 89.1 Å². The van der Waals surface area contributed by atoms with Crippen LogP contribution < -0.4 is 0 Å². The number of rotatable bonds is 3. The summed E-state index contributed by atoms with van der Waals surface area (Å²) in [4.78, 5) is 21.1. The van der Waals surface area contributed by atoms with Crippen LogP contribution in [0.5, 0.6) is 0 Å². The Balaban J connectivity index is 2.45. The summed E-state index contributed by atoms with van der Waals surface area (Å²) < 4.78 is 0. The van der Waals surface area contributed by atoms with Crippen LogP contribution in [0.4, 0.5) is 5.69 Å². The molecule has 0 amide bonds. The van der Waals surface area contributed by atoms with Gasteiger partial charge in [-0.3, -0.25) is 20.0 Å². The van der Waals surface area contributed by atoms with Crippen LogP contribution in [0.3, 0.4) is 0 Å². The van der Waals surface area contributed by atoms with Gasteiger partial charge in [0, 0.05) is 0 Å². The number of hydrogen-bond donors (Lipinski definition) is 3. The lowest BCUT2D eigenvalue weighted by Crippen LogP contribution is -2.51. The predicted octanol–water partition coefficient (Wildman–Crippen LogP) is -0.205. The molecule has 8 nitrogen and oxygen atoms in total. The summed E-state index contributed by atoms with van der Waals surface area (Å²) in [5.41, 5.74) is -1.80. The third-order valence-corrected chi connectivity index (χ3v) is 2.87. The van der Waals surface area contributed by atoms with Crippen LogP contribution in [-0.2, 0) is 10.2 Å². The molecule has 0 unspecified atom stereocenters. The summed E-state index contributed by atoms with van der Waals surface area (Å²) in [6, 6.07) is 0. The largest absolute Gasteiger partial charge is 0.481 e. The first-order chi connectivity index (χ1) is 7.47. The molecule has 1 saturated carbocycles. The maximum atomic E-state index is 11.1. The number of carboxylic acid groups (broad SMARTS) is 1. The van der Waals surface area contributed by atoms with E-state index in [1.165, 1.54) is 0 Å². The second-order valence-electron chi connectivity index (χ2n) is 3.84. The highest BCUT2D eigenvalue weighted by Crippen LogP contribution is 2.46. The van der Waals surface area contributed by atoms with Crippen molar-refractivity contribution in [2.45, 2.75) is 24.4 Å². The minimum atomic E-state index is -1.40. The molecule has 1 aliphatic rings. The van der Waals surface area contributed by atoms with Gasteiger partial charge in [-0.05, 0) is 12.8 Å². The molecule has 1 aliphatic carbocycles. The van der Waals surface area contributed by atoms with Crippen molar-refractivity contribution in [3.05, 3.63) is 22.0 Å². The molecule has 0 saturated heterocycles. The van der Waals surface area contributed by atoms with Crippen LogP contribution >= 0.6 is 0 Å². The van der Waals surface area contributed by atoms with E-state index in [1.807, 2.05) is 0 Å². The zero-order chi connectivity index (χ0) is 11.9. The van der Waals surface area contributed by atoms with E-state index in [0.717, 1.165) is 6.20 Å². The van der Waals surface area contributed by atoms with Crippen LogP contribution in [0.25, 0.3) is 0 Å². The van der Waals surface area contributed by atoms with Gasteiger partial charge in [0.2, 0.25) is 0 Å². The SMILES string of the molecule is O=C(O)C1(c2[nH]ncc2[N+](=O)[O-])CC(O)C1. The smallest absolute Gasteiger partial charge is 0.316 e. The average Bonchev–Trinajstić information content (AvgIpc) is 2.60. The average molecular weight is 227 g/mol. The van der Waals surface area contributed by atoms with Gasteiger partial charge in [-0.1, -0.05) is 0 Å². The molecular weight excluding hydrogens is 218 g/mol. The Morgan fingerprint density at radius 2 is 2.31 bits per heavy atom. The standard InChI is InChI=1S/C8H9N3O5/c12-4-1-8(2-4,7(13)14)6-5(11(15)16)3-9-10-6/h3-4,12H,1-2H2,(H,9,10)(H,13,14). The van der Waals surface area contributed by atoms with E-state index in [4.69, 9.17) is 5.11 Å². The van der Waals surface area contributed by atoms with Gasteiger partial charge in [0.25, 0.3) is 0 Å². The molecule has 3 N–H and O–H groups in total. The zero-order valence-electron chi connectivity index (χ0n) is 8.08. The van der Waals surface area contributed by atoms with Crippen molar-refractivity contribution < 1.29 is 19.9 Å². The number of aliphatic hydroxyl groups is 1. The number of carbonyl (C=O) groups is 1. The summed E-state index contributed by atoms with van der Waals surface area (Å²) in [6.45, 7) is 0. The Hall–Kier alpha value is -1.96. The van der Waals surface area contributed by atoms with Crippen molar-refractivity contribution in [3.8, 4) is 0 Å². The van der Waals surface area contributed by atoms with Gasteiger partial charge < -0.3 is 10.2 Å². The highest BCUT2D eigenvalue weighted by molar-refractivity contribution is 5.83. The van der Waals surface area contributed by atoms with Crippen LogP contribution in [0.15, 0.2) is 6.20 Å². The van der Waals surface area contributed by atoms with Crippen molar-refractivity contribution in [3.63, 3.8) is 0 Å². The van der Waals surface area contributed by atoms with E-state index < -0.39 is 22.4 Å². The molecule has 0 spiro atoms. The summed E-state index contributed by atoms with van der Waals surface area (Å²) in [7, 11) is 0. The molecule has 2 rings (SSSR count). The maximum absolute atomic E-state index is 11.1. The number of aliphatic hydroxyl groups excluding tert-OH is 1. The molecular formula is C8H9N3O5. The Bertz CT molecular complexity index is 448. The number of nitro groups is 1. The van der Waals surface area contributed by atoms with Gasteiger partial charge in [-0.15, -0.1) is 0 Å². The topological polar surface area (TPSA) is 129 Å². The summed E-state index contributed by atoms with van der Waals surface area (Å²) in [5.74, 6) is -1.19. The molecule has 1 aromatic heterocycles. The predicted molar refractivity (Wildman–Crippen MR) is 49.8 cm³/mol. The normalized spacial score (nSPS) is 28.4. The number of carboxylic acids is 1. The van der Waals surface area contributed by atoms with E-state index >= 15 is 0 Å². The molecule has 16 heavy (non-hydrogen) atoms. The Morgan fingerprint density at radius 1 is 1.69 bits per heavy atom. The first-order valence-electron chi connectivity index (χ1n) is 4.57. The molecule has 1 aromatic rings. The molecule has 8 heteroatoms. The fourth-order valence-electron chi connectivity index (χ4n) is 2.00. The third-order valence-electron chi connectivity index (χ3n) is 2.87. The highest BCUT2D eigenvalue weighted by atomic mass is 16.6.